The number of hydrogen-bond acceptors (Lipinski definition) is 4. The minimum absolute atomic E-state index is 0.144. The summed E-state index contributed by atoms with van der Waals surface area (Å²) in [7, 11) is 0. The van der Waals surface area contributed by atoms with Crippen LogP contribution >= 0.6 is 0 Å². The lowest BCUT2D eigenvalue weighted by Gasteiger charge is -2.21. The van der Waals surface area contributed by atoms with Crippen molar-refractivity contribution in [3.63, 3.8) is 0 Å². The summed E-state index contributed by atoms with van der Waals surface area (Å²) in [6.07, 6.45) is 3.33. The van der Waals surface area contributed by atoms with E-state index in [9.17, 15) is 9.59 Å². The van der Waals surface area contributed by atoms with E-state index < -0.39 is 0 Å². The fraction of sp³-hybridized carbons (Fsp3) is 0.421. The molecule has 7 heteroatoms. The molecule has 1 atom stereocenters. The molecule has 2 aromatic rings. The number of hydrogen-bond donors (Lipinski definition) is 2. The molecule has 0 unspecified atom stereocenters. The Morgan fingerprint density at radius 2 is 2.12 bits per heavy atom. The monoisotopic (exact) mass is 356 g/mol. The topological polar surface area (TPSA) is 87.5 Å². The van der Waals surface area contributed by atoms with Crippen molar-refractivity contribution in [3.8, 4) is 0 Å². The summed E-state index contributed by atoms with van der Waals surface area (Å²) in [5.41, 5.74) is 2.41. The van der Waals surface area contributed by atoms with Gasteiger partial charge >= 0.3 is 6.03 Å². The number of nitrogens with one attached hydrogen (secondary N) is 2. The Bertz CT molecular complexity index is 769. The average molecular weight is 356 g/mol. The molecule has 1 fully saturated rings. The van der Waals surface area contributed by atoms with Gasteiger partial charge in [0.05, 0.1) is 12.2 Å². The van der Waals surface area contributed by atoms with Gasteiger partial charge in [-0.3, -0.25) is 4.79 Å². The van der Waals surface area contributed by atoms with E-state index in [1.807, 2.05) is 30.0 Å². The molecule has 0 aliphatic carbocycles. The van der Waals surface area contributed by atoms with Crippen molar-refractivity contribution in [2.24, 2.45) is 0 Å². The predicted octanol–water partition coefficient (Wildman–Crippen LogP) is 3.46. The third kappa shape index (κ3) is 4.22. The molecule has 2 heterocycles. The third-order valence-electron chi connectivity index (χ3n) is 4.43. The second-order valence-electron chi connectivity index (χ2n) is 6.54. The Hall–Kier alpha value is -2.83. The Morgan fingerprint density at radius 3 is 2.77 bits per heavy atom. The molecule has 1 aromatic heterocycles. The summed E-state index contributed by atoms with van der Waals surface area (Å²) >= 11 is 0. The van der Waals surface area contributed by atoms with Gasteiger partial charge in [0.25, 0.3) is 0 Å². The van der Waals surface area contributed by atoms with E-state index in [4.69, 9.17) is 4.52 Å². The summed E-state index contributed by atoms with van der Waals surface area (Å²) in [6.45, 7) is 4.39. The SMILES string of the molecule is CCCc1cc(CNC(=O)Nc2ccc(N3C(=O)CC[C@H]3C)cc2)on1. The molecule has 0 saturated carbocycles. The Morgan fingerprint density at radius 1 is 1.35 bits per heavy atom. The van der Waals surface area contributed by atoms with Gasteiger partial charge in [-0.2, -0.15) is 0 Å². The van der Waals surface area contributed by atoms with Gasteiger partial charge in [-0.1, -0.05) is 18.5 Å². The summed E-state index contributed by atoms with van der Waals surface area (Å²) in [6, 6.07) is 9.03. The van der Waals surface area contributed by atoms with Crippen LogP contribution in [0.4, 0.5) is 16.2 Å². The largest absolute Gasteiger partial charge is 0.359 e. The van der Waals surface area contributed by atoms with Crippen molar-refractivity contribution in [2.45, 2.75) is 52.1 Å². The highest BCUT2D eigenvalue weighted by Gasteiger charge is 2.28. The van der Waals surface area contributed by atoms with Crippen LogP contribution in [-0.4, -0.2) is 23.1 Å². The summed E-state index contributed by atoms with van der Waals surface area (Å²) < 4.78 is 5.18. The van der Waals surface area contributed by atoms with Gasteiger partial charge in [0.15, 0.2) is 5.76 Å². The molecule has 3 rings (SSSR count). The fourth-order valence-electron chi connectivity index (χ4n) is 3.09. The molecule has 7 nitrogen and oxygen atoms in total. The second kappa shape index (κ2) is 8.03. The molecule has 1 aromatic carbocycles. The molecular weight excluding hydrogens is 332 g/mol. The van der Waals surface area contributed by atoms with Gasteiger partial charge in [-0.15, -0.1) is 0 Å². The van der Waals surface area contributed by atoms with E-state index in [0.29, 0.717) is 17.9 Å². The van der Waals surface area contributed by atoms with E-state index in [1.54, 1.807) is 12.1 Å². The summed E-state index contributed by atoms with van der Waals surface area (Å²) in [5, 5.41) is 9.46. The molecule has 0 spiro atoms. The number of carbonyl (C=O) groups excluding carboxylic acids is 2. The van der Waals surface area contributed by atoms with Gasteiger partial charge in [0, 0.05) is 29.9 Å². The van der Waals surface area contributed by atoms with E-state index in [-0.39, 0.29) is 24.5 Å². The molecule has 138 valence electrons. The number of rotatable bonds is 6. The predicted molar refractivity (Wildman–Crippen MR) is 99.0 cm³/mol. The number of aryl methyl sites for hydroxylation is 1. The minimum atomic E-state index is -0.322. The lowest BCUT2D eigenvalue weighted by atomic mass is 10.2. The summed E-state index contributed by atoms with van der Waals surface area (Å²) in [4.78, 5) is 25.8. The molecule has 0 radical (unpaired) electrons. The molecule has 2 N–H and O–H groups in total. The molecule has 3 amide bonds. The maximum atomic E-state index is 12.0. The lowest BCUT2D eigenvalue weighted by molar-refractivity contribution is -0.117. The van der Waals surface area contributed by atoms with E-state index in [0.717, 1.165) is 30.6 Å². The third-order valence-corrected chi connectivity index (χ3v) is 4.43. The first-order valence-electron chi connectivity index (χ1n) is 8.98. The van der Waals surface area contributed by atoms with Crippen LogP contribution in [0.15, 0.2) is 34.9 Å². The van der Waals surface area contributed by atoms with Crippen LogP contribution in [0, 0.1) is 0 Å². The smallest absolute Gasteiger partial charge is 0.319 e. The van der Waals surface area contributed by atoms with Gasteiger partial charge in [0.1, 0.15) is 0 Å². The van der Waals surface area contributed by atoms with Crippen LogP contribution in [-0.2, 0) is 17.8 Å². The van der Waals surface area contributed by atoms with E-state index >= 15 is 0 Å². The Kier molecular flexibility index (Phi) is 5.55. The molecule has 1 aliphatic heterocycles. The van der Waals surface area contributed by atoms with E-state index in [1.165, 1.54) is 0 Å². The number of benzene rings is 1. The van der Waals surface area contributed by atoms with Crippen LogP contribution in [0.25, 0.3) is 0 Å². The highest BCUT2D eigenvalue weighted by atomic mass is 16.5. The average Bonchev–Trinajstić information content (AvgIpc) is 3.21. The molecule has 26 heavy (non-hydrogen) atoms. The minimum Gasteiger partial charge on any atom is -0.359 e. The first-order chi connectivity index (χ1) is 12.6. The normalized spacial score (nSPS) is 16.8. The lowest BCUT2D eigenvalue weighted by Crippen LogP contribution is -2.30. The molecule has 0 bridgehead atoms. The highest BCUT2D eigenvalue weighted by Crippen LogP contribution is 2.27. The van der Waals surface area contributed by atoms with Crippen molar-refractivity contribution in [1.29, 1.82) is 0 Å². The zero-order valence-corrected chi connectivity index (χ0v) is 15.1. The first-order valence-corrected chi connectivity index (χ1v) is 8.98. The number of anilines is 2. The zero-order valence-electron chi connectivity index (χ0n) is 15.1. The molecular formula is C19H24N4O3. The first kappa shape index (κ1) is 18.0. The zero-order chi connectivity index (χ0) is 18.5. The fourth-order valence-corrected chi connectivity index (χ4v) is 3.09. The van der Waals surface area contributed by atoms with Gasteiger partial charge in [0.2, 0.25) is 5.91 Å². The van der Waals surface area contributed by atoms with Crippen molar-refractivity contribution in [2.75, 3.05) is 10.2 Å². The number of nitrogens with zero attached hydrogens (tertiary/aromatic N) is 2. The molecule has 1 saturated heterocycles. The van der Waals surface area contributed by atoms with Crippen LogP contribution in [0.3, 0.4) is 0 Å². The summed E-state index contributed by atoms with van der Waals surface area (Å²) in [5.74, 6) is 0.769. The van der Waals surface area contributed by atoms with Gasteiger partial charge in [-0.25, -0.2) is 4.79 Å². The Labute approximate surface area is 152 Å². The quantitative estimate of drug-likeness (QED) is 0.830. The highest BCUT2D eigenvalue weighted by molar-refractivity contribution is 5.96. The number of aromatic nitrogens is 1. The van der Waals surface area contributed by atoms with Crippen molar-refractivity contribution in [1.82, 2.24) is 10.5 Å². The second-order valence-corrected chi connectivity index (χ2v) is 6.54. The number of carbonyl (C=O) groups is 2. The van der Waals surface area contributed by atoms with E-state index in [2.05, 4.69) is 22.7 Å². The molecule has 1 aliphatic rings. The van der Waals surface area contributed by atoms with Gasteiger partial charge in [-0.05, 0) is 44.0 Å². The van der Waals surface area contributed by atoms with Crippen LogP contribution in [0.1, 0.15) is 44.6 Å². The standard InChI is InChI=1S/C19H24N4O3/c1-3-4-15-11-17(26-22-15)12-20-19(25)21-14-6-8-16(9-7-14)23-13(2)5-10-18(23)24/h6-9,11,13H,3-5,10,12H2,1-2H3,(H2,20,21,25)/t13-/m1/s1. The van der Waals surface area contributed by atoms with Crippen molar-refractivity contribution in [3.05, 3.63) is 41.8 Å². The van der Waals surface area contributed by atoms with Crippen LogP contribution in [0.5, 0.6) is 0 Å². The number of amides is 3. The maximum absolute atomic E-state index is 12.0. The number of urea groups is 1. The van der Waals surface area contributed by atoms with Gasteiger partial charge < -0.3 is 20.1 Å². The van der Waals surface area contributed by atoms with Crippen molar-refractivity contribution >= 4 is 23.3 Å². The maximum Gasteiger partial charge on any atom is 0.319 e. The van der Waals surface area contributed by atoms with Crippen LogP contribution < -0.4 is 15.5 Å². The Balaban J connectivity index is 1.51. The van der Waals surface area contributed by atoms with Crippen molar-refractivity contribution < 1.29 is 14.1 Å². The van der Waals surface area contributed by atoms with Crippen LogP contribution in [0.2, 0.25) is 0 Å².